The van der Waals surface area contributed by atoms with Crippen molar-refractivity contribution in [1.29, 1.82) is 0 Å². The van der Waals surface area contributed by atoms with Gasteiger partial charge in [-0.2, -0.15) is 0 Å². The normalized spacial score (nSPS) is 16.4. The molecule has 22 heavy (non-hydrogen) atoms. The Hall–Kier alpha value is -1.44. The van der Waals surface area contributed by atoms with E-state index in [9.17, 15) is 9.59 Å². The third-order valence-corrected chi connectivity index (χ3v) is 4.66. The molecule has 2 heterocycles. The van der Waals surface area contributed by atoms with Gasteiger partial charge in [0.25, 0.3) is 0 Å². The van der Waals surface area contributed by atoms with Crippen LogP contribution in [0.3, 0.4) is 0 Å². The van der Waals surface area contributed by atoms with Crippen LogP contribution in [0.25, 0.3) is 0 Å². The molecule has 2 N–H and O–H groups in total. The fourth-order valence-electron chi connectivity index (χ4n) is 2.47. The largest absolute Gasteiger partial charge is 0.381 e. The van der Waals surface area contributed by atoms with Gasteiger partial charge in [-0.1, -0.05) is 6.07 Å². The molecule has 1 aliphatic heterocycles. The first kappa shape index (κ1) is 16.9. The molecule has 0 bridgehead atoms. The van der Waals surface area contributed by atoms with Crippen LogP contribution in [-0.4, -0.2) is 56.2 Å². The number of carbonyl (C=O) groups is 2. The van der Waals surface area contributed by atoms with E-state index >= 15 is 0 Å². The molecule has 2 rings (SSSR count). The minimum atomic E-state index is -0.423. The third kappa shape index (κ3) is 5.75. The number of thiophene rings is 1. The van der Waals surface area contributed by atoms with E-state index in [1.807, 2.05) is 22.4 Å². The molecule has 1 saturated heterocycles. The molecule has 0 unspecified atom stereocenters. The number of likely N-dealkylation sites (tertiary alicyclic amines) is 1. The summed E-state index contributed by atoms with van der Waals surface area (Å²) in [4.78, 5) is 26.7. The average Bonchev–Trinajstić information content (AvgIpc) is 3.01. The highest BCUT2D eigenvalue weighted by molar-refractivity contribution is 7.09. The number of methoxy groups -OCH3 is 1. The summed E-state index contributed by atoms with van der Waals surface area (Å²) in [6.45, 7) is 2.44. The Morgan fingerprint density at radius 2 is 2.18 bits per heavy atom. The average molecular weight is 325 g/mol. The van der Waals surface area contributed by atoms with Crippen LogP contribution in [0.5, 0.6) is 0 Å². The van der Waals surface area contributed by atoms with Gasteiger partial charge >= 0.3 is 6.03 Å². The summed E-state index contributed by atoms with van der Waals surface area (Å²) in [5.41, 5.74) is 0. The number of nitrogens with zero attached hydrogens (tertiary/aromatic N) is 1. The van der Waals surface area contributed by atoms with E-state index in [4.69, 9.17) is 4.74 Å². The third-order valence-electron chi connectivity index (χ3n) is 3.73. The fraction of sp³-hybridized carbons (Fsp3) is 0.600. The maximum absolute atomic E-state index is 11.8. The van der Waals surface area contributed by atoms with Crippen molar-refractivity contribution in [1.82, 2.24) is 15.5 Å². The first-order valence-electron chi connectivity index (χ1n) is 7.52. The van der Waals surface area contributed by atoms with Crippen molar-refractivity contribution < 1.29 is 14.3 Å². The van der Waals surface area contributed by atoms with E-state index in [0.29, 0.717) is 12.6 Å². The first-order valence-corrected chi connectivity index (χ1v) is 8.40. The zero-order valence-corrected chi connectivity index (χ0v) is 13.7. The molecule has 122 valence electrons. The monoisotopic (exact) mass is 325 g/mol. The molecule has 0 atom stereocenters. The van der Waals surface area contributed by atoms with Crippen LogP contribution in [0, 0.1) is 0 Å². The van der Waals surface area contributed by atoms with E-state index in [0.717, 1.165) is 32.4 Å². The van der Waals surface area contributed by atoms with Gasteiger partial charge in [0.05, 0.1) is 12.6 Å². The predicted molar refractivity (Wildman–Crippen MR) is 86.0 cm³/mol. The van der Waals surface area contributed by atoms with Crippen molar-refractivity contribution in [2.24, 2.45) is 0 Å². The lowest BCUT2D eigenvalue weighted by Crippen LogP contribution is -2.47. The van der Waals surface area contributed by atoms with Gasteiger partial charge in [-0.05, 0) is 30.7 Å². The zero-order valence-electron chi connectivity index (χ0n) is 12.8. The van der Waals surface area contributed by atoms with Gasteiger partial charge in [0, 0.05) is 31.6 Å². The van der Waals surface area contributed by atoms with E-state index < -0.39 is 6.03 Å². The Labute approximate surface area is 134 Å². The topological polar surface area (TPSA) is 70.7 Å². The van der Waals surface area contributed by atoms with Crippen LogP contribution in [0.2, 0.25) is 0 Å². The minimum Gasteiger partial charge on any atom is -0.381 e. The van der Waals surface area contributed by atoms with Gasteiger partial charge in [-0.25, -0.2) is 4.79 Å². The number of carbonyl (C=O) groups excluding carboxylic acids is 2. The Balaban J connectivity index is 1.59. The van der Waals surface area contributed by atoms with Crippen LogP contribution >= 0.6 is 11.3 Å². The van der Waals surface area contributed by atoms with Crippen molar-refractivity contribution in [3.05, 3.63) is 22.4 Å². The summed E-state index contributed by atoms with van der Waals surface area (Å²) < 4.78 is 5.29. The van der Waals surface area contributed by atoms with Crippen LogP contribution < -0.4 is 10.6 Å². The van der Waals surface area contributed by atoms with E-state index in [1.54, 1.807) is 18.4 Å². The number of amides is 3. The van der Waals surface area contributed by atoms with Gasteiger partial charge < -0.3 is 10.1 Å². The molecular weight excluding hydrogens is 302 g/mol. The molecule has 0 saturated carbocycles. The first-order chi connectivity index (χ1) is 10.7. The molecule has 3 amide bonds. The number of piperidine rings is 1. The number of imide groups is 1. The van der Waals surface area contributed by atoms with Crippen LogP contribution in [-0.2, 0) is 16.0 Å². The van der Waals surface area contributed by atoms with Crippen molar-refractivity contribution >= 4 is 23.3 Å². The molecule has 6 nitrogen and oxygen atoms in total. The second-order valence-corrected chi connectivity index (χ2v) is 6.38. The number of urea groups is 1. The van der Waals surface area contributed by atoms with Gasteiger partial charge in [0.1, 0.15) is 0 Å². The van der Waals surface area contributed by atoms with Crippen LogP contribution in [0.4, 0.5) is 4.79 Å². The summed E-state index contributed by atoms with van der Waals surface area (Å²) in [6.07, 6.45) is 2.93. The summed E-state index contributed by atoms with van der Waals surface area (Å²) in [6, 6.07) is 3.59. The minimum absolute atomic E-state index is 0.259. The van der Waals surface area contributed by atoms with Crippen LogP contribution in [0.15, 0.2) is 17.5 Å². The maximum atomic E-state index is 11.8. The molecule has 7 heteroatoms. The van der Waals surface area contributed by atoms with Crippen molar-refractivity contribution in [3.63, 3.8) is 0 Å². The lowest BCUT2D eigenvalue weighted by molar-refractivity contribution is -0.121. The summed E-state index contributed by atoms with van der Waals surface area (Å²) >= 11 is 1.66. The van der Waals surface area contributed by atoms with Crippen LogP contribution in [0.1, 0.15) is 17.7 Å². The molecular formula is C15H23N3O3S. The Morgan fingerprint density at radius 3 is 2.82 bits per heavy atom. The Morgan fingerprint density at radius 1 is 1.41 bits per heavy atom. The van der Waals surface area contributed by atoms with Crippen molar-refractivity contribution in [3.8, 4) is 0 Å². The standard InChI is InChI=1S/C15H23N3O3S/c1-21-12-5-8-18(9-6-12)11-14(19)17-15(20)16-7-4-13-3-2-10-22-13/h2-3,10,12H,4-9,11H2,1H3,(H2,16,17,19,20). The van der Waals surface area contributed by atoms with Crippen molar-refractivity contribution in [2.75, 3.05) is 33.3 Å². The highest BCUT2D eigenvalue weighted by Gasteiger charge is 2.20. The molecule has 1 fully saturated rings. The summed E-state index contributed by atoms with van der Waals surface area (Å²) in [5, 5.41) is 7.08. The second-order valence-electron chi connectivity index (χ2n) is 5.34. The summed E-state index contributed by atoms with van der Waals surface area (Å²) in [5.74, 6) is -0.260. The number of nitrogens with one attached hydrogen (secondary N) is 2. The molecule has 1 aromatic rings. The second kappa shape index (κ2) is 8.87. The SMILES string of the molecule is COC1CCN(CC(=O)NC(=O)NCCc2cccs2)CC1. The zero-order chi connectivity index (χ0) is 15.8. The lowest BCUT2D eigenvalue weighted by Gasteiger charge is -2.30. The number of rotatable bonds is 6. The summed E-state index contributed by atoms with van der Waals surface area (Å²) in [7, 11) is 1.72. The molecule has 0 aromatic carbocycles. The lowest BCUT2D eigenvalue weighted by atomic mass is 10.1. The predicted octanol–water partition coefficient (Wildman–Crippen LogP) is 1.23. The maximum Gasteiger partial charge on any atom is 0.321 e. The number of ether oxygens (including phenoxy) is 1. The van der Waals surface area contributed by atoms with E-state index in [-0.39, 0.29) is 12.5 Å². The fourth-order valence-corrected chi connectivity index (χ4v) is 3.18. The highest BCUT2D eigenvalue weighted by Crippen LogP contribution is 2.12. The molecule has 0 spiro atoms. The molecule has 1 aromatic heterocycles. The molecule has 0 aliphatic carbocycles. The van der Waals surface area contributed by atoms with Crippen molar-refractivity contribution in [2.45, 2.75) is 25.4 Å². The van der Waals surface area contributed by atoms with E-state index in [2.05, 4.69) is 10.6 Å². The number of hydrogen-bond acceptors (Lipinski definition) is 5. The van der Waals surface area contributed by atoms with Gasteiger partial charge in [0.15, 0.2) is 0 Å². The molecule has 0 radical (unpaired) electrons. The highest BCUT2D eigenvalue weighted by atomic mass is 32.1. The number of hydrogen-bond donors (Lipinski definition) is 2. The Kier molecular flexibility index (Phi) is 6.82. The quantitative estimate of drug-likeness (QED) is 0.825. The van der Waals surface area contributed by atoms with E-state index in [1.165, 1.54) is 4.88 Å². The smallest absolute Gasteiger partial charge is 0.321 e. The molecule has 1 aliphatic rings. The Bertz CT molecular complexity index is 470. The van der Waals surface area contributed by atoms with Gasteiger partial charge in [-0.15, -0.1) is 11.3 Å². The van der Waals surface area contributed by atoms with Gasteiger partial charge in [0.2, 0.25) is 5.91 Å². The van der Waals surface area contributed by atoms with Gasteiger partial charge in [-0.3, -0.25) is 15.0 Å².